The van der Waals surface area contributed by atoms with Crippen LogP contribution in [0.25, 0.3) is 10.8 Å². The van der Waals surface area contributed by atoms with Gasteiger partial charge in [-0.15, -0.1) is 0 Å². The molecule has 0 amide bonds. The van der Waals surface area contributed by atoms with Gasteiger partial charge in [-0.05, 0) is 52.7 Å². The molecule has 0 unspecified atom stereocenters. The van der Waals surface area contributed by atoms with Gasteiger partial charge in [0.1, 0.15) is 12.3 Å². The van der Waals surface area contributed by atoms with E-state index in [0.717, 1.165) is 26.6 Å². The molecule has 0 fully saturated rings. The molecule has 0 N–H and O–H groups in total. The number of ether oxygens (including phenoxy) is 1. The average Bonchev–Trinajstić information content (AvgIpc) is 2.74. The lowest BCUT2D eigenvalue weighted by molar-refractivity contribution is -0.135. The summed E-state index contributed by atoms with van der Waals surface area (Å²) in [4.78, 5) is 12.1. The molecule has 2 aromatic carbocycles. The van der Waals surface area contributed by atoms with E-state index in [4.69, 9.17) is 4.74 Å². The first kappa shape index (κ1) is 14.8. The molecule has 0 saturated heterocycles. The van der Waals surface area contributed by atoms with Gasteiger partial charge < -0.3 is 4.74 Å². The van der Waals surface area contributed by atoms with Crippen LogP contribution in [0, 0.1) is 13.8 Å². The number of carbonyl (C=O) groups excluding carboxylic acids is 1. The predicted molar refractivity (Wildman–Crippen MR) is 89.0 cm³/mol. The maximum Gasteiger partial charge on any atom is 0.333 e. The number of halogens is 1. The van der Waals surface area contributed by atoms with Crippen molar-refractivity contribution in [3.05, 3.63) is 58.3 Å². The third kappa shape index (κ3) is 2.90. The highest BCUT2D eigenvalue weighted by Crippen LogP contribution is 2.22. The lowest BCUT2D eigenvalue weighted by Crippen LogP contribution is -2.18. The van der Waals surface area contributed by atoms with Crippen LogP contribution in [0.5, 0.6) is 5.75 Å². The number of esters is 1. The summed E-state index contributed by atoms with van der Waals surface area (Å²) in [6.07, 6.45) is 0. The van der Waals surface area contributed by atoms with Crippen molar-refractivity contribution in [2.45, 2.75) is 20.4 Å². The Hall–Kier alpha value is -2.14. The molecule has 3 aromatic rings. The molecular formula is C17H15BrN2O2. The topological polar surface area (TPSA) is 44.1 Å². The fourth-order valence-corrected chi connectivity index (χ4v) is 2.63. The Kier molecular flexibility index (Phi) is 3.98. The maximum absolute atomic E-state index is 12.1. The molecule has 112 valence electrons. The van der Waals surface area contributed by atoms with Crippen LogP contribution in [0.4, 0.5) is 0 Å². The van der Waals surface area contributed by atoms with E-state index in [2.05, 4.69) is 21.0 Å². The molecule has 0 saturated carbocycles. The fraction of sp³-hybridized carbons (Fsp3) is 0.176. The van der Waals surface area contributed by atoms with Crippen molar-refractivity contribution in [1.82, 2.24) is 9.78 Å². The van der Waals surface area contributed by atoms with Crippen LogP contribution in [0.1, 0.15) is 11.4 Å². The summed E-state index contributed by atoms with van der Waals surface area (Å²) in [6, 6.07) is 13.6. The van der Waals surface area contributed by atoms with Crippen molar-refractivity contribution in [3.8, 4) is 5.75 Å². The highest BCUT2D eigenvalue weighted by Gasteiger charge is 2.13. The quantitative estimate of drug-likeness (QED) is 0.524. The van der Waals surface area contributed by atoms with Gasteiger partial charge in [0.05, 0.1) is 15.9 Å². The zero-order valence-corrected chi connectivity index (χ0v) is 13.9. The number of benzene rings is 2. The van der Waals surface area contributed by atoms with Gasteiger partial charge in [-0.2, -0.15) is 5.10 Å². The second kappa shape index (κ2) is 5.93. The van der Waals surface area contributed by atoms with Crippen molar-refractivity contribution in [2.24, 2.45) is 0 Å². The predicted octanol–water partition coefficient (Wildman–Crippen LogP) is 4.02. The van der Waals surface area contributed by atoms with Crippen molar-refractivity contribution in [1.29, 1.82) is 0 Å². The molecule has 0 atom stereocenters. The van der Waals surface area contributed by atoms with Crippen molar-refractivity contribution < 1.29 is 9.53 Å². The van der Waals surface area contributed by atoms with Crippen LogP contribution >= 0.6 is 15.9 Å². The smallest absolute Gasteiger partial charge is 0.333 e. The number of carbonyl (C=O) groups is 1. The summed E-state index contributed by atoms with van der Waals surface area (Å²) in [5.74, 6) is 0.206. The zero-order chi connectivity index (χ0) is 15.7. The Labute approximate surface area is 136 Å². The van der Waals surface area contributed by atoms with E-state index in [1.165, 1.54) is 0 Å². The van der Waals surface area contributed by atoms with E-state index in [0.29, 0.717) is 5.75 Å². The third-order valence-electron chi connectivity index (χ3n) is 3.52. The molecule has 0 radical (unpaired) electrons. The molecule has 5 heteroatoms. The Morgan fingerprint density at radius 3 is 2.59 bits per heavy atom. The Morgan fingerprint density at radius 2 is 1.91 bits per heavy atom. The number of rotatable bonds is 3. The van der Waals surface area contributed by atoms with Gasteiger partial charge >= 0.3 is 5.97 Å². The molecule has 4 nitrogen and oxygen atoms in total. The molecule has 3 rings (SSSR count). The lowest BCUT2D eigenvalue weighted by Gasteiger charge is -2.07. The van der Waals surface area contributed by atoms with Gasteiger partial charge in [-0.25, -0.2) is 4.79 Å². The summed E-state index contributed by atoms with van der Waals surface area (Å²) in [5.41, 5.74) is 1.77. The average molecular weight is 359 g/mol. The second-order valence-electron chi connectivity index (χ2n) is 5.13. The number of fused-ring (bicyclic) bond motifs is 1. The van der Waals surface area contributed by atoms with Crippen molar-refractivity contribution in [2.75, 3.05) is 0 Å². The van der Waals surface area contributed by atoms with E-state index in [9.17, 15) is 4.79 Å². The van der Waals surface area contributed by atoms with Crippen molar-refractivity contribution >= 4 is 32.7 Å². The minimum atomic E-state index is -0.339. The van der Waals surface area contributed by atoms with Crippen LogP contribution in [-0.4, -0.2) is 15.7 Å². The number of aromatic nitrogens is 2. The van der Waals surface area contributed by atoms with Crippen LogP contribution in [0.15, 0.2) is 46.9 Å². The highest BCUT2D eigenvalue weighted by molar-refractivity contribution is 9.10. The monoisotopic (exact) mass is 358 g/mol. The van der Waals surface area contributed by atoms with Gasteiger partial charge in [-0.3, -0.25) is 4.68 Å². The standard InChI is InChI=1S/C17H15BrN2O2/c1-11-17(18)12(2)20(19-11)10-16(21)22-15-8-7-13-5-3-4-6-14(13)9-15/h3-9H,10H2,1-2H3. The molecule has 1 aromatic heterocycles. The molecule has 0 spiro atoms. The number of hydrogen-bond donors (Lipinski definition) is 0. The zero-order valence-electron chi connectivity index (χ0n) is 12.3. The van der Waals surface area contributed by atoms with Gasteiger partial charge in [0, 0.05) is 0 Å². The Bertz CT molecular complexity index is 855. The van der Waals surface area contributed by atoms with Crippen LogP contribution < -0.4 is 4.74 Å². The summed E-state index contributed by atoms with van der Waals surface area (Å²) >= 11 is 3.45. The van der Waals surface area contributed by atoms with Crippen LogP contribution in [0.2, 0.25) is 0 Å². The second-order valence-corrected chi connectivity index (χ2v) is 5.92. The van der Waals surface area contributed by atoms with Crippen molar-refractivity contribution in [3.63, 3.8) is 0 Å². The van der Waals surface area contributed by atoms with Gasteiger partial charge in [0.15, 0.2) is 0 Å². The Balaban J connectivity index is 1.76. The number of aryl methyl sites for hydroxylation is 1. The summed E-state index contributed by atoms with van der Waals surface area (Å²) in [7, 11) is 0. The first-order valence-corrected chi connectivity index (χ1v) is 7.73. The molecule has 22 heavy (non-hydrogen) atoms. The molecule has 0 aliphatic heterocycles. The van der Waals surface area contributed by atoms with Gasteiger partial charge in [-0.1, -0.05) is 30.3 Å². The Morgan fingerprint density at radius 1 is 1.18 bits per heavy atom. The van der Waals surface area contributed by atoms with Gasteiger partial charge in [0.2, 0.25) is 0 Å². The molecule has 0 aliphatic carbocycles. The SMILES string of the molecule is Cc1nn(CC(=O)Oc2ccc3ccccc3c2)c(C)c1Br. The largest absolute Gasteiger partial charge is 0.425 e. The summed E-state index contributed by atoms with van der Waals surface area (Å²) in [5, 5.41) is 6.47. The molecular weight excluding hydrogens is 344 g/mol. The molecule has 0 aliphatic rings. The number of nitrogens with zero attached hydrogens (tertiary/aromatic N) is 2. The van der Waals surface area contributed by atoms with Crippen LogP contribution in [-0.2, 0) is 11.3 Å². The van der Waals surface area contributed by atoms with E-state index in [-0.39, 0.29) is 12.5 Å². The summed E-state index contributed by atoms with van der Waals surface area (Å²) in [6.45, 7) is 3.89. The van der Waals surface area contributed by atoms with E-state index >= 15 is 0 Å². The van der Waals surface area contributed by atoms with E-state index in [1.807, 2.05) is 50.2 Å². The third-order valence-corrected chi connectivity index (χ3v) is 4.67. The normalized spacial score (nSPS) is 10.9. The highest BCUT2D eigenvalue weighted by atomic mass is 79.9. The van der Waals surface area contributed by atoms with Gasteiger partial charge in [0.25, 0.3) is 0 Å². The molecule has 0 bridgehead atoms. The number of hydrogen-bond acceptors (Lipinski definition) is 3. The minimum Gasteiger partial charge on any atom is -0.425 e. The fourth-order valence-electron chi connectivity index (χ4n) is 2.35. The molecule has 1 heterocycles. The summed E-state index contributed by atoms with van der Waals surface area (Å²) < 4.78 is 7.98. The first-order chi connectivity index (χ1) is 10.5. The van der Waals surface area contributed by atoms with E-state index in [1.54, 1.807) is 10.7 Å². The lowest BCUT2D eigenvalue weighted by atomic mass is 10.1. The first-order valence-electron chi connectivity index (χ1n) is 6.93. The minimum absolute atomic E-state index is 0.0884. The van der Waals surface area contributed by atoms with E-state index < -0.39 is 0 Å². The van der Waals surface area contributed by atoms with Crippen LogP contribution in [0.3, 0.4) is 0 Å². The maximum atomic E-state index is 12.1.